The van der Waals surface area contributed by atoms with Crippen LogP contribution in [0, 0.1) is 30.1 Å². The van der Waals surface area contributed by atoms with Gasteiger partial charge < -0.3 is 5.11 Å². The summed E-state index contributed by atoms with van der Waals surface area (Å²) in [5.74, 6) is 1.87. The van der Waals surface area contributed by atoms with E-state index in [2.05, 4.69) is 19.8 Å². The summed E-state index contributed by atoms with van der Waals surface area (Å²) in [7, 11) is 0. The molecular weight excluding hydrogens is 176 g/mol. The molecule has 0 aromatic rings. The van der Waals surface area contributed by atoms with Crippen molar-refractivity contribution in [3.63, 3.8) is 0 Å². The third-order valence-electron chi connectivity index (χ3n) is 2.93. The molecule has 2 heteroatoms. The van der Waals surface area contributed by atoms with E-state index in [1.165, 1.54) is 0 Å². The Morgan fingerprint density at radius 2 is 2.07 bits per heavy atom. The highest BCUT2D eigenvalue weighted by molar-refractivity contribution is 5.70. The van der Waals surface area contributed by atoms with Gasteiger partial charge in [-0.3, -0.25) is 4.79 Å². The topological polar surface area (TPSA) is 37.3 Å². The first-order chi connectivity index (χ1) is 6.54. The van der Waals surface area contributed by atoms with Crippen molar-refractivity contribution in [3.8, 4) is 12.3 Å². The molecule has 0 rings (SSSR count). The molecule has 0 aliphatic heterocycles. The van der Waals surface area contributed by atoms with Crippen molar-refractivity contribution in [2.45, 2.75) is 40.0 Å². The Hall–Kier alpha value is -0.970. The van der Waals surface area contributed by atoms with Crippen LogP contribution in [0.15, 0.2) is 0 Å². The number of rotatable bonds is 6. The summed E-state index contributed by atoms with van der Waals surface area (Å²) < 4.78 is 0. The quantitative estimate of drug-likeness (QED) is 0.663. The fourth-order valence-electron chi connectivity index (χ4n) is 1.74. The number of carbonyl (C=O) groups is 1. The van der Waals surface area contributed by atoms with Crippen molar-refractivity contribution < 1.29 is 9.90 Å². The van der Waals surface area contributed by atoms with Crippen LogP contribution in [-0.4, -0.2) is 11.1 Å². The molecule has 0 saturated carbocycles. The van der Waals surface area contributed by atoms with E-state index in [1.807, 2.05) is 6.92 Å². The Labute approximate surface area is 86.7 Å². The SMILES string of the molecule is C#CCC(C(=O)O)C(C)C(C)CCC. The summed E-state index contributed by atoms with van der Waals surface area (Å²) in [6.45, 7) is 6.19. The van der Waals surface area contributed by atoms with Crippen LogP contribution in [0.1, 0.15) is 40.0 Å². The standard InChI is InChI=1S/C12H20O2/c1-5-7-9(3)10(4)11(8-6-2)12(13)14/h2,9-11H,5,7-8H2,1,3-4H3,(H,13,14). The summed E-state index contributed by atoms with van der Waals surface area (Å²) in [4.78, 5) is 10.9. The smallest absolute Gasteiger partial charge is 0.307 e. The zero-order valence-corrected chi connectivity index (χ0v) is 9.29. The summed E-state index contributed by atoms with van der Waals surface area (Å²) in [5.41, 5.74) is 0. The molecule has 0 fully saturated rings. The largest absolute Gasteiger partial charge is 0.481 e. The zero-order valence-electron chi connectivity index (χ0n) is 9.29. The lowest BCUT2D eigenvalue weighted by Crippen LogP contribution is -2.26. The van der Waals surface area contributed by atoms with E-state index in [0.717, 1.165) is 12.8 Å². The van der Waals surface area contributed by atoms with Gasteiger partial charge in [0.2, 0.25) is 0 Å². The predicted molar refractivity (Wildman–Crippen MR) is 57.8 cm³/mol. The molecule has 0 aliphatic carbocycles. The Bertz CT molecular complexity index is 215. The van der Waals surface area contributed by atoms with Crippen molar-refractivity contribution in [2.75, 3.05) is 0 Å². The van der Waals surface area contributed by atoms with E-state index >= 15 is 0 Å². The molecule has 2 nitrogen and oxygen atoms in total. The highest BCUT2D eigenvalue weighted by Gasteiger charge is 2.27. The Morgan fingerprint density at radius 3 is 2.43 bits per heavy atom. The molecule has 0 aromatic carbocycles. The highest BCUT2D eigenvalue weighted by atomic mass is 16.4. The molecule has 3 atom stereocenters. The lowest BCUT2D eigenvalue weighted by molar-refractivity contribution is -0.144. The Balaban J connectivity index is 4.35. The average molecular weight is 196 g/mol. The van der Waals surface area contributed by atoms with Crippen LogP contribution in [0.5, 0.6) is 0 Å². The zero-order chi connectivity index (χ0) is 11.1. The van der Waals surface area contributed by atoms with Gasteiger partial charge in [0, 0.05) is 6.42 Å². The van der Waals surface area contributed by atoms with Crippen LogP contribution in [0.3, 0.4) is 0 Å². The third kappa shape index (κ3) is 3.83. The van der Waals surface area contributed by atoms with Gasteiger partial charge in [-0.25, -0.2) is 0 Å². The molecule has 0 spiro atoms. The van der Waals surface area contributed by atoms with Gasteiger partial charge in [0.05, 0.1) is 5.92 Å². The van der Waals surface area contributed by atoms with Gasteiger partial charge in [0.25, 0.3) is 0 Å². The number of carboxylic acid groups (broad SMARTS) is 1. The molecule has 0 amide bonds. The minimum absolute atomic E-state index is 0.156. The van der Waals surface area contributed by atoms with E-state index in [1.54, 1.807) is 0 Å². The minimum Gasteiger partial charge on any atom is -0.481 e. The summed E-state index contributed by atoms with van der Waals surface area (Å²) in [5, 5.41) is 9.00. The molecule has 14 heavy (non-hydrogen) atoms. The Morgan fingerprint density at radius 1 is 1.50 bits per heavy atom. The molecule has 0 bridgehead atoms. The van der Waals surface area contributed by atoms with Gasteiger partial charge in [0.1, 0.15) is 0 Å². The number of hydrogen-bond donors (Lipinski definition) is 1. The molecular formula is C12H20O2. The third-order valence-corrected chi connectivity index (χ3v) is 2.93. The van der Waals surface area contributed by atoms with E-state index < -0.39 is 5.97 Å². The monoisotopic (exact) mass is 196 g/mol. The van der Waals surface area contributed by atoms with Crippen LogP contribution in [-0.2, 0) is 4.79 Å². The van der Waals surface area contributed by atoms with E-state index in [4.69, 9.17) is 11.5 Å². The molecule has 0 radical (unpaired) electrons. The van der Waals surface area contributed by atoms with Gasteiger partial charge in [-0.2, -0.15) is 0 Å². The highest BCUT2D eigenvalue weighted by Crippen LogP contribution is 2.26. The van der Waals surface area contributed by atoms with Crippen LogP contribution < -0.4 is 0 Å². The van der Waals surface area contributed by atoms with Crippen molar-refractivity contribution in [2.24, 2.45) is 17.8 Å². The molecule has 0 aliphatic rings. The van der Waals surface area contributed by atoms with Crippen LogP contribution in [0.25, 0.3) is 0 Å². The molecule has 0 saturated heterocycles. The van der Waals surface area contributed by atoms with Gasteiger partial charge in [0.15, 0.2) is 0 Å². The first kappa shape index (κ1) is 13.0. The first-order valence-electron chi connectivity index (χ1n) is 5.20. The van der Waals surface area contributed by atoms with Crippen LogP contribution in [0.4, 0.5) is 0 Å². The lowest BCUT2D eigenvalue weighted by Gasteiger charge is -2.24. The fourth-order valence-corrected chi connectivity index (χ4v) is 1.74. The molecule has 80 valence electrons. The predicted octanol–water partition coefficient (Wildman–Crippen LogP) is 2.78. The van der Waals surface area contributed by atoms with E-state index in [-0.39, 0.29) is 11.8 Å². The molecule has 0 aromatic heterocycles. The normalized spacial score (nSPS) is 16.7. The maximum absolute atomic E-state index is 10.9. The van der Waals surface area contributed by atoms with Gasteiger partial charge in [-0.05, 0) is 11.8 Å². The fraction of sp³-hybridized carbons (Fsp3) is 0.750. The van der Waals surface area contributed by atoms with Crippen LogP contribution in [0.2, 0.25) is 0 Å². The minimum atomic E-state index is -0.765. The van der Waals surface area contributed by atoms with Gasteiger partial charge >= 0.3 is 5.97 Å². The van der Waals surface area contributed by atoms with Gasteiger partial charge in [-0.1, -0.05) is 33.6 Å². The molecule has 0 heterocycles. The molecule has 3 unspecified atom stereocenters. The number of aliphatic carboxylic acids is 1. The Kier molecular flexibility index (Phi) is 6.03. The van der Waals surface area contributed by atoms with Crippen molar-refractivity contribution in [1.82, 2.24) is 0 Å². The lowest BCUT2D eigenvalue weighted by atomic mass is 9.80. The van der Waals surface area contributed by atoms with E-state index in [0.29, 0.717) is 12.3 Å². The van der Waals surface area contributed by atoms with Crippen molar-refractivity contribution >= 4 is 5.97 Å². The molecule has 1 N–H and O–H groups in total. The van der Waals surface area contributed by atoms with Crippen molar-refractivity contribution in [3.05, 3.63) is 0 Å². The van der Waals surface area contributed by atoms with Crippen LogP contribution >= 0.6 is 0 Å². The number of hydrogen-bond acceptors (Lipinski definition) is 1. The maximum atomic E-state index is 10.9. The summed E-state index contributed by atoms with van der Waals surface area (Å²) in [6, 6.07) is 0. The average Bonchev–Trinajstić information content (AvgIpc) is 2.13. The number of carboxylic acids is 1. The summed E-state index contributed by atoms with van der Waals surface area (Å²) in [6.07, 6.45) is 7.66. The maximum Gasteiger partial charge on any atom is 0.307 e. The second-order valence-corrected chi connectivity index (χ2v) is 3.98. The second kappa shape index (κ2) is 6.48. The van der Waals surface area contributed by atoms with Gasteiger partial charge in [-0.15, -0.1) is 12.3 Å². The first-order valence-corrected chi connectivity index (χ1v) is 5.20. The second-order valence-electron chi connectivity index (χ2n) is 3.98. The van der Waals surface area contributed by atoms with E-state index in [9.17, 15) is 4.79 Å². The number of terminal acetylenes is 1. The van der Waals surface area contributed by atoms with Crippen molar-refractivity contribution in [1.29, 1.82) is 0 Å². The summed E-state index contributed by atoms with van der Waals surface area (Å²) >= 11 is 0.